The van der Waals surface area contributed by atoms with Crippen molar-refractivity contribution < 1.29 is 13.2 Å². The minimum Gasteiger partial charge on any atom is -0.351 e. The summed E-state index contributed by atoms with van der Waals surface area (Å²) in [7, 11) is -3.73. The van der Waals surface area contributed by atoms with Crippen LogP contribution in [-0.2, 0) is 14.8 Å². The molecule has 1 N–H and O–H groups in total. The van der Waals surface area contributed by atoms with E-state index in [0.717, 1.165) is 10.6 Å². The van der Waals surface area contributed by atoms with Crippen LogP contribution in [0.3, 0.4) is 0 Å². The monoisotopic (exact) mass is 422 g/mol. The lowest BCUT2D eigenvalue weighted by atomic mass is 9.93. The third-order valence-corrected chi connectivity index (χ3v) is 5.79. The first-order valence-electron chi connectivity index (χ1n) is 8.64. The van der Waals surface area contributed by atoms with Crippen LogP contribution in [0.4, 0.5) is 5.69 Å². The van der Waals surface area contributed by atoms with Gasteiger partial charge in [0.15, 0.2) is 0 Å². The molecule has 0 unspecified atom stereocenters. The lowest BCUT2D eigenvalue weighted by molar-refractivity contribution is -0.123. The highest BCUT2D eigenvalue weighted by atomic mass is 35.5. The van der Waals surface area contributed by atoms with Gasteiger partial charge in [0.25, 0.3) is 0 Å². The summed E-state index contributed by atoms with van der Waals surface area (Å²) < 4.78 is 26.0. The van der Waals surface area contributed by atoms with E-state index in [-0.39, 0.29) is 29.5 Å². The molecule has 26 heavy (non-hydrogen) atoms. The van der Waals surface area contributed by atoms with E-state index in [9.17, 15) is 13.2 Å². The molecule has 0 aliphatic heterocycles. The van der Waals surface area contributed by atoms with E-state index >= 15 is 0 Å². The molecule has 1 rings (SSSR count). The number of halogens is 2. The first-order valence-corrected chi connectivity index (χ1v) is 11.2. The number of amides is 1. The van der Waals surface area contributed by atoms with Crippen LogP contribution in [0, 0.1) is 11.8 Å². The number of anilines is 1. The molecule has 1 aromatic carbocycles. The SMILES string of the molecule is CC[C@H](C(=O)NC(C(C)C)C(C)C)N(c1cc(Cl)cc(Cl)c1)S(C)(=O)=O. The highest BCUT2D eigenvalue weighted by Crippen LogP contribution is 2.29. The van der Waals surface area contributed by atoms with Gasteiger partial charge in [0.1, 0.15) is 6.04 Å². The van der Waals surface area contributed by atoms with Gasteiger partial charge in [0.2, 0.25) is 15.9 Å². The second-order valence-electron chi connectivity index (χ2n) is 7.13. The number of carbonyl (C=O) groups is 1. The van der Waals surface area contributed by atoms with Crippen molar-refractivity contribution in [3.63, 3.8) is 0 Å². The van der Waals surface area contributed by atoms with Crippen LogP contribution in [0.5, 0.6) is 0 Å². The van der Waals surface area contributed by atoms with Gasteiger partial charge in [-0.2, -0.15) is 0 Å². The Hall–Kier alpha value is -0.980. The average Bonchev–Trinajstić information content (AvgIpc) is 2.46. The summed E-state index contributed by atoms with van der Waals surface area (Å²) in [5.74, 6) is 0.119. The second kappa shape index (κ2) is 9.29. The van der Waals surface area contributed by atoms with Crippen LogP contribution >= 0.6 is 23.2 Å². The van der Waals surface area contributed by atoms with E-state index in [1.807, 2.05) is 27.7 Å². The molecule has 0 radical (unpaired) electrons. The lowest BCUT2D eigenvalue weighted by Crippen LogP contribution is -2.53. The second-order valence-corrected chi connectivity index (χ2v) is 9.87. The Morgan fingerprint density at radius 1 is 1.08 bits per heavy atom. The van der Waals surface area contributed by atoms with Crippen molar-refractivity contribution in [2.75, 3.05) is 10.6 Å². The normalized spacial score (nSPS) is 13.3. The maximum atomic E-state index is 12.9. The van der Waals surface area contributed by atoms with Crippen molar-refractivity contribution in [2.45, 2.75) is 53.1 Å². The van der Waals surface area contributed by atoms with E-state index in [2.05, 4.69) is 5.32 Å². The standard InChI is InChI=1S/C18H28Cl2N2O3S/c1-7-16(18(23)21-17(11(2)3)12(4)5)22(26(6,24)25)15-9-13(19)8-14(20)10-15/h8-12,16-17H,7H2,1-6H3,(H,21,23)/t16-/m1/s1. The summed E-state index contributed by atoms with van der Waals surface area (Å²) >= 11 is 12.1. The fraction of sp³-hybridized carbons (Fsp3) is 0.611. The van der Waals surface area contributed by atoms with E-state index < -0.39 is 16.1 Å². The minimum absolute atomic E-state index is 0.0547. The van der Waals surface area contributed by atoms with Crippen LogP contribution in [0.2, 0.25) is 10.0 Å². The third-order valence-electron chi connectivity index (χ3n) is 4.18. The summed E-state index contributed by atoms with van der Waals surface area (Å²) in [5.41, 5.74) is 0.276. The van der Waals surface area contributed by atoms with E-state index in [0.29, 0.717) is 16.5 Å². The van der Waals surface area contributed by atoms with Crippen molar-refractivity contribution in [3.05, 3.63) is 28.2 Å². The number of nitrogens with zero attached hydrogens (tertiary/aromatic N) is 1. The zero-order chi connectivity index (χ0) is 20.2. The largest absolute Gasteiger partial charge is 0.351 e. The van der Waals surface area contributed by atoms with Crippen molar-refractivity contribution in [3.8, 4) is 0 Å². The Bertz CT molecular complexity index is 708. The molecular formula is C18H28Cl2N2O3S. The van der Waals surface area contributed by atoms with Crippen molar-refractivity contribution in [1.82, 2.24) is 5.32 Å². The quantitative estimate of drug-likeness (QED) is 0.677. The van der Waals surface area contributed by atoms with Crippen molar-refractivity contribution in [2.24, 2.45) is 11.8 Å². The topological polar surface area (TPSA) is 66.5 Å². The Labute approximate surface area is 167 Å². The molecule has 0 aliphatic carbocycles. The summed E-state index contributed by atoms with van der Waals surface area (Å²) in [6, 6.07) is 3.56. The zero-order valence-electron chi connectivity index (χ0n) is 16.1. The van der Waals surface area contributed by atoms with Gasteiger partial charge in [-0.15, -0.1) is 0 Å². The molecule has 1 amide bonds. The molecule has 0 heterocycles. The van der Waals surface area contributed by atoms with Crippen LogP contribution in [-0.4, -0.2) is 32.7 Å². The van der Waals surface area contributed by atoms with Gasteiger partial charge >= 0.3 is 0 Å². The Balaban J connectivity index is 3.32. The molecule has 0 bridgehead atoms. The van der Waals surface area contributed by atoms with E-state index in [1.165, 1.54) is 18.2 Å². The number of hydrogen-bond acceptors (Lipinski definition) is 3. The maximum Gasteiger partial charge on any atom is 0.244 e. The van der Waals surface area contributed by atoms with Crippen molar-refractivity contribution >= 4 is 44.8 Å². The Morgan fingerprint density at radius 3 is 1.88 bits per heavy atom. The average molecular weight is 423 g/mol. The van der Waals surface area contributed by atoms with Gasteiger partial charge in [-0.25, -0.2) is 8.42 Å². The Kier molecular flexibility index (Phi) is 8.24. The zero-order valence-corrected chi connectivity index (χ0v) is 18.4. The molecule has 1 aromatic rings. The third kappa shape index (κ3) is 6.03. The molecule has 0 spiro atoms. The molecule has 148 valence electrons. The van der Waals surface area contributed by atoms with Gasteiger partial charge in [0, 0.05) is 16.1 Å². The molecule has 0 saturated heterocycles. The number of nitrogens with one attached hydrogen (secondary N) is 1. The number of carbonyl (C=O) groups excluding carboxylic acids is 1. The fourth-order valence-corrected chi connectivity index (χ4v) is 4.80. The summed E-state index contributed by atoms with van der Waals surface area (Å²) in [6.07, 6.45) is 1.38. The number of hydrogen-bond donors (Lipinski definition) is 1. The van der Waals surface area contributed by atoms with Gasteiger partial charge in [0.05, 0.1) is 11.9 Å². The lowest BCUT2D eigenvalue weighted by Gasteiger charge is -2.33. The van der Waals surface area contributed by atoms with Crippen LogP contribution in [0.25, 0.3) is 0 Å². The molecule has 8 heteroatoms. The van der Waals surface area contributed by atoms with Gasteiger partial charge < -0.3 is 5.32 Å². The summed E-state index contributed by atoms with van der Waals surface area (Å²) in [4.78, 5) is 12.9. The molecule has 5 nitrogen and oxygen atoms in total. The minimum atomic E-state index is -3.73. The molecule has 0 saturated carbocycles. The predicted octanol–water partition coefficient (Wildman–Crippen LogP) is 4.33. The highest BCUT2D eigenvalue weighted by molar-refractivity contribution is 7.92. The maximum absolute atomic E-state index is 12.9. The smallest absolute Gasteiger partial charge is 0.244 e. The first kappa shape index (κ1) is 23.1. The first-order chi connectivity index (χ1) is 11.9. The highest BCUT2D eigenvalue weighted by Gasteiger charge is 2.33. The molecule has 0 aliphatic rings. The van der Waals surface area contributed by atoms with Crippen LogP contribution < -0.4 is 9.62 Å². The van der Waals surface area contributed by atoms with Gasteiger partial charge in [-0.3, -0.25) is 9.10 Å². The fourth-order valence-electron chi connectivity index (χ4n) is 3.09. The molecule has 0 fully saturated rings. The molecule has 0 aromatic heterocycles. The van der Waals surface area contributed by atoms with Gasteiger partial charge in [-0.1, -0.05) is 57.8 Å². The van der Waals surface area contributed by atoms with Crippen molar-refractivity contribution in [1.29, 1.82) is 0 Å². The van der Waals surface area contributed by atoms with Gasteiger partial charge in [-0.05, 0) is 36.5 Å². The van der Waals surface area contributed by atoms with E-state index in [1.54, 1.807) is 6.92 Å². The van der Waals surface area contributed by atoms with E-state index in [4.69, 9.17) is 23.2 Å². The number of benzene rings is 1. The summed E-state index contributed by atoms with van der Waals surface area (Å²) in [6.45, 7) is 9.87. The van der Waals surface area contributed by atoms with Crippen LogP contribution in [0.15, 0.2) is 18.2 Å². The number of rotatable bonds is 8. The summed E-state index contributed by atoms with van der Waals surface area (Å²) in [5, 5.41) is 3.62. The predicted molar refractivity (Wildman–Crippen MR) is 109 cm³/mol. The van der Waals surface area contributed by atoms with Crippen LogP contribution in [0.1, 0.15) is 41.0 Å². The molecule has 1 atom stereocenters. The Morgan fingerprint density at radius 2 is 1.54 bits per heavy atom. The number of sulfonamides is 1. The molecular weight excluding hydrogens is 395 g/mol.